The summed E-state index contributed by atoms with van der Waals surface area (Å²) >= 11 is 0. The first-order valence-electron chi connectivity index (χ1n) is 7.14. The van der Waals surface area contributed by atoms with Crippen LogP contribution in [0.25, 0.3) is 10.8 Å². The molecule has 21 heavy (non-hydrogen) atoms. The Morgan fingerprint density at radius 3 is 2.52 bits per heavy atom. The van der Waals surface area contributed by atoms with Gasteiger partial charge in [0.25, 0.3) is 5.91 Å². The molecule has 1 atom stereocenters. The van der Waals surface area contributed by atoms with Gasteiger partial charge in [-0.05, 0) is 29.3 Å². The Hall–Kier alpha value is -2.36. The molecule has 0 fully saturated rings. The third-order valence-electron chi connectivity index (χ3n) is 3.46. The van der Waals surface area contributed by atoms with Gasteiger partial charge < -0.3 is 10.4 Å². The van der Waals surface area contributed by atoms with E-state index in [0.717, 1.165) is 23.6 Å². The predicted octanol–water partition coefficient (Wildman–Crippen LogP) is 3.21. The van der Waals surface area contributed by atoms with Crippen LogP contribution in [0.15, 0.2) is 42.5 Å². The highest BCUT2D eigenvalue weighted by atomic mass is 16.4. The molecule has 0 aliphatic rings. The smallest absolute Gasteiger partial charge is 0.326 e. The Bertz CT molecular complexity index is 651. The van der Waals surface area contributed by atoms with Gasteiger partial charge in [0.15, 0.2) is 0 Å². The molecule has 2 aromatic rings. The number of carboxylic acid groups (broad SMARTS) is 1. The van der Waals surface area contributed by atoms with Crippen LogP contribution in [-0.4, -0.2) is 23.0 Å². The van der Waals surface area contributed by atoms with Gasteiger partial charge in [0.1, 0.15) is 6.04 Å². The monoisotopic (exact) mass is 285 g/mol. The van der Waals surface area contributed by atoms with Crippen molar-refractivity contribution in [3.63, 3.8) is 0 Å². The van der Waals surface area contributed by atoms with Gasteiger partial charge in [-0.3, -0.25) is 4.79 Å². The van der Waals surface area contributed by atoms with Gasteiger partial charge in [0.05, 0.1) is 0 Å². The maximum atomic E-state index is 12.2. The number of benzene rings is 2. The molecule has 4 heteroatoms. The molecule has 0 radical (unpaired) electrons. The molecule has 1 unspecified atom stereocenters. The Balaban J connectivity index is 2.15. The van der Waals surface area contributed by atoms with Crippen LogP contribution >= 0.6 is 0 Å². The largest absolute Gasteiger partial charge is 0.480 e. The quantitative estimate of drug-likeness (QED) is 0.856. The molecular formula is C17H19NO3. The molecule has 0 spiro atoms. The Labute approximate surface area is 123 Å². The number of unbranched alkanes of at least 4 members (excludes halogenated alkanes) is 1. The lowest BCUT2D eigenvalue weighted by molar-refractivity contribution is -0.139. The molecule has 2 rings (SSSR count). The van der Waals surface area contributed by atoms with Crippen molar-refractivity contribution in [2.45, 2.75) is 32.2 Å². The zero-order valence-electron chi connectivity index (χ0n) is 12.0. The topological polar surface area (TPSA) is 66.4 Å². The van der Waals surface area contributed by atoms with Crippen LogP contribution in [0.2, 0.25) is 0 Å². The van der Waals surface area contributed by atoms with Gasteiger partial charge in [0, 0.05) is 5.56 Å². The van der Waals surface area contributed by atoms with E-state index in [1.54, 1.807) is 12.1 Å². The van der Waals surface area contributed by atoms with Crippen LogP contribution in [0.3, 0.4) is 0 Å². The van der Waals surface area contributed by atoms with Gasteiger partial charge >= 0.3 is 5.97 Å². The second-order valence-corrected chi connectivity index (χ2v) is 5.07. The fraction of sp³-hybridized carbons (Fsp3) is 0.294. The normalized spacial score (nSPS) is 12.0. The summed E-state index contributed by atoms with van der Waals surface area (Å²) in [4.78, 5) is 23.4. The number of aliphatic carboxylic acids is 1. The Kier molecular flexibility index (Phi) is 4.93. The van der Waals surface area contributed by atoms with Crippen LogP contribution in [0.1, 0.15) is 36.5 Å². The number of rotatable bonds is 6. The highest BCUT2D eigenvalue weighted by molar-refractivity contribution is 6.00. The first-order chi connectivity index (χ1) is 10.1. The van der Waals surface area contributed by atoms with Crippen molar-refractivity contribution in [3.8, 4) is 0 Å². The molecule has 0 saturated carbocycles. The zero-order chi connectivity index (χ0) is 15.2. The molecule has 110 valence electrons. The molecule has 0 saturated heterocycles. The predicted molar refractivity (Wildman–Crippen MR) is 82.4 cm³/mol. The van der Waals surface area contributed by atoms with E-state index in [1.807, 2.05) is 37.3 Å². The summed E-state index contributed by atoms with van der Waals surface area (Å²) in [7, 11) is 0. The summed E-state index contributed by atoms with van der Waals surface area (Å²) in [5.41, 5.74) is 0.483. The number of carbonyl (C=O) groups excluding carboxylic acids is 1. The van der Waals surface area contributed by atoms with Crippen molar-refractivity contribution < 1.29 is 14.7 Å². The van der Waals surface area contributed by atoms with Crippen LogP contribution in [0.4, 0.5) is 0 Å². The lowest BCUT2D eigenvalue weighted by atomic mass is 10.1. The lowest BCUT2D eigenvalue weighted by Crippen LogP contribution is -2.40. The van der Waals surface area contributed by atoms with Gasteiger partial charge in [0.2, 0.25) is 0 Å². The molecule has 2 aromatic carbocycles. The van der Waals surface area contributed by atoms with Gasteiger partial charge in [-0.25, -0.2) is 4.79 Å². The summed E-state index contributed by atoms with van der Waals surface area (Å²) in [5.74, 6) is -1.33. The Morgan fingerprint density at radius 2 is 1.86 bits per heavy atom. The maximum Gasteiger partial charge on any atom is 0.326 e. The number of nitrogens with one attached hydrogen (secondary N) is 1. The van der Waals surface area contributed by atoms with Crippen molar-refractivity contribution >= 4 is 22.6 Å². The molecule has 0 aliphatic heterocycles. The number of amides is 1. The fourth-order valence-corrected chi connectivity index (χ4v) is 2.24. The van der Waals surface area contributed by atoms with E-state index < -0.39 is 12.0 Å². The molecule has 0 aromatic heterocycles. The van der Waals surface area contributed by atoms with Crippen LogP contribution in [0.5, 0.6) is 0 Å². The minimum absolute atomic E-state index is 0.343. The minimum Gasteiger partial charge on any atom is -0.480 e. The zero-order valence-corrected chi connectivity index (χ0v) is 12.0. The highest BCUT2D eigenvalue weighted by Gasteiger charge is 2.19. The maximum absolute atomic E-state index is 12.2. The number of fused-ring (bicyclic) bond motifs is 1. The third-order valence-corrected chi connectivity index (χ3v) is 3.46. The number of carbonyl (C=O) groups is 2. The van der Waals surface area contributed by atoms with Crippen molar-refractivity contribution in [3.05, 3.63) is 48.0 Å². The van der Waals surface area contributed by atoms with Gasteiger partial charge in [-0.15, -0.1) is 0 Å². The second-order valence-electron chi connectivity index (χ2n) is 5.07. The highest BCUT2D eigenvalue weighted by Crippen LogP contribution is 2.16. The summed E-state index contributed by atoms with van der Waals surface area (Å²) in [6.45, 7) is 1.99. The minimum atomic E-state index is -0.988. The molecule has 0 heterocycles. The molecule has 1 amide bonds. The molecule has 0 aliphatic carbocycles. The summed E-state index contributed by atoms with van der Waals surface area (Å²) in [6, 6.07) is 12.3. The van der Waals surface area contributed by atoms with E-state index >= 15 is 0 Å². The average molecular weight is 285 g/mol. The van der Waals surface area contributed by atoms with Crippen LogP contribution < -0.4 is 5.32 Å². The lowest BCUT2D eigenvalue weighted by Gasteiger charge is -2.14. The summed E-state index contributed by atoms with van der Waals surface area (Å²) < 4.78 is 0. The first kappa shape index (κ1) is 15.0. The SMILES string of the molecule is CCCCC(NC(=O)c1ccc2ccccc2c1)C(=O)O. The van der Waals surface area contributed by atoms with Crippen molar-refractivity contribution in [2.24, 2.45) is 0 Å². The third kappa shape index (κ3) is 3.81. The average Bonchev–Trinajstić information content (AvgIpc) is 2.50. The van der Waals surface area contributed by atoms with Crippen molar-refractivity contribution in [1.29, 1.82) is 0 Å². The van der Waals surface area contributed by atoms with Crippen LogP contribution in [0, 0.1) is 0 Å². The standard InChI is InChI=1S/C17H19NO3/c1-2-3-8-15(17(20)21)18-16(19)14-10-9-12-6-4-5-7-13(12)11-14/h4-7,9-11,15H,2-3,8H2,1H3,(H,18,19)(H,20,21). The Morgan fingerprint density at radius 1 is 1.14 bits per heavy atom. The van der Waals surface area contributed by atoms with Crippen molar-refractivity contribution in [1.82, 2.24) is 5.32 Å². The number of carboxylic acids is 1. The van der Waals surface area contributed by atoms with E-state index in [-0.39, 0.29) is 5.91 Å². The summed E-state index contributed by atoms with van der Waals surface area (Å²) in [5, 5.41) is 13.8. The van der Waals surface area contributed by atoms with E-state index in [9.17, 15) is 9.59 Å². The van der Waals surface area contributed by atoms with E-state index in [0.29, 0.717) is 12.0 Å². The first-order valence-corrected chi connectivity index (χ1v) is 7.14. The van der Waals surface area contributed by atoms with Crippen molar-refractivity contribution in [2.75, 3.05) is 0 Å². The number of hydrogen-bond acceptors (Lipinski definition) is 2. The fourth-order valence-electron chi connectivity index (χ4n) is 2.24. The molecule has 4 nitrogen and oxygen atoms in total. The molecule has 2 N–H and O–H groups in total. The van der Waals surface area contributed by atoms with E-state index in [1.165, 1.54) is 0 Å². The van der Waals surface area contributed by atoms with Gasteiger partial charge in [-0.1, -0.05) is 50.1 Å². The molecule has 0 bridgehead atoms. The van der Waals surface area contributed by atoms with Crippen LogP contribution in [-0.2, 0) is 4.79 Å². The number of hydrogen-bond donors (Lipinski definition) is 2. The molecular weight excluding hydrogens is 266 g/mol. The second kappa shape index (κ2) is 6.88. The van der Waals surface area contributed by atoms with Gasteiger partial charge in [-0.2, -0.15) is 0 Å². The summed E-state index contributed by atoms with van der Waals surface area (Å²) in [6.07, 6.45) is 2.12. The van der Waals surface area contributed by atoms with E-state index in [4.69, 9.17) is 5.11 Å². The van der Waals surface area contributed by atoms with E-state index in [2.05, 4.69) is 5.32 Å².